The number of aromatic nitrogens is 2. The molecule has 25 heavy (non-hydrogen) atoms. The molecule has 1 saturated heterocycles. The van der Waals surface area contributed by atoms with E-state index in [1.54, 1.807) is 6.92 Å². The lowest BCUT2D eigenvalue weighted by Crippen LogP contribution is -2.46. The molecule has 8 nitrogen and oxygen atoms in total. The second-order valence-electron chi connectivity index (χ2n) is 6.55. The topological polar surface area (TPSA) is 104 Å². The Labute approximate surface area is 150 Å². The van der Waals surface area contributed by atoms with Gasteiger partial charge in [0.1, 0.15) is 5.01 Å². The van der Waals surface area contributed by atoms with E-state index < -0.39 is 0 Å². The van der Waals surface area contributed by atoms with E-state index in [1.165, 1.54) is 16.2 Å². The van der Waals surface area contributed by atoms with Crippen LogP contribution in [-0.4, -0.2) is 52.0 Å². The van der Waals surface area contributed by atoms with E-state index in [0.717, 1.165) is 37.2 Å². The first kappa shape index (κ1) is 17.9. The first-order valence-corrected chi connectivity index (χ1v) is 9.53. The molecule has 2 heterocycles. The number of carbonyl (C=O) groups excluding carboxylic acids is 3. The summed E-state index contributed by atoms with van der Waals surface area (Å²) in [5, 5.41) is 14.7. The Morgan fingerprint density at radius 1 is 1.24 bits per heavy atom. The van der Waals surface area contributed by atoms with Crippen LogP contribution in [0.4, 0.5) is 5.13 Å². The molecule has 0 spiro atoms. The predicted octanol–water partition coefficient (Wildman–Crippen LogP) is 1.08. The summed E-state index contributed by atoms with van der Waals surface area (Å²) < 4.78 is 0. The molecule has 2 aliphatic rings. The van der Waals surface area contributed by atoms with Gasteiger partial charge in [0.25, 0.3) is 0 Å². The Morgan fingerprint density at radius 2 is 2.04 bits per heavy atom. The summed E-state index contributed by atoms with van der Waals surface area (Å²) in [6, 6.07) is 0.0239. The zero-order chi connectivity index (χ0) is 17.8. The third-order valence-electron chi connectivity index (χ3n) is 4.40. The van der Waals surface area contributed by atoms with Crippen LogP contribution >= 0.6 is 11.3 Å². The molecule has 2 N–H and O–H groups in total. The van der Waals surface area contributed by atoms with E-state index in [0.29, 0.717) is 11.7 Å². The van der Waals surface area contributed by atoms with Crippen LogP contribution in [0.5, 0.6) is 0 Å². The highest BCUT2D eigenvalue weighted by Gasteiger charge is 2.39. The molecular formula is C16H23N5O3S. The summed E-state index contributed by atoms with van der Waals surface area (Å²) in [4.78, 5) is 38.6. The van der Waals surface area contributed by atoms with Crippen LogP contribution in [0.25, 0.3) is 0 Å². The van der Waals surface area contributed by atoms with Gasteiger partial charge in [0.15, 0.2) is 0 Å². The van der Waals surface area contributed by atoms with Crippen LogP contribution in [0.15, 0.2) is 0 Å². The van der Waals surface area contributed by atoms with Gasteiger partial charge in [-0.25, -0.2) is 0 Å². The highest BCUT2D eigenvalue weighted by Crippen LogP contribution is 2.30. The maximum Gasteiger partial charge on any atom is 0.233 e. The number of hydrogen-bond acceptors (Lipinski definition) is 7. The number of aryl methyl sites for hydroxylation is 1. The van der Waals surface area contributed by atoms with Gasteiger partial charge in [-0.3, -0.25) is 19.3 Å². The second kappa shape index (κ2) is 8.01. The van der Waals surface area contributed by atoms with E-state index in [-0.39, 0.29) is 42.5 Å². The summed E-state index contributed by atoms with van der Waals surface area (Å²) in [5.74, 6) is -0.745. The number of amides is 3. The lowest BCUT2D eigenvalue weighted by molar-refractivity contribution is -0.149. The van der Waals surface area contributed by atoms with Crippen molar-refractivity contribution in [3.63, 3.8) is 0 Å². The third kappa shape index (κ3) is 4.82. The molecule has 0 aromatic carbocycles. The van der Waals surface area contributed by atoms with Crippen molar-refractivity contribution in [2.24, 2.45) is 5.92 Å². The van der Waals surface area contributed by atoms with Gasteiger partial charge in [0.2, 0.25) is 22.9 Å². The van der Waals surface area contributed by atoms with Crippen LogP contribution in [0, 0.1) is 12.8 Å². The van der Waals surface area contributed by atoms with Crippen LogP contribution in [0.2, 0.25) is 0 Å². The van der Waals surface area contributed by atoms with Crippen LogP contribution < -0.4 is 10.6 Å². The summed E-state index contributed by atoms with van der Waals surface area (Å²) in [5.41, 5.74) is 0. The van der Waals surface area contributed by atoms with Gasteiger partial charge in [0.05, 0.1) is 5.92 Å². The zero-order valence-corrected chi connectivity index (χ0v) is 15.1. The second-order valence-corrected chi connectivity index (χ2v) is 7.73. The monoisotopic (exact) mass is 365 g/mol. The normalized spacial score (nSPS) is 20.1. The highest BCUT2D eigenvalue weighted by atomic mass is 32.1. The van der Waals surface area contributed by atoms with E-state index in [1.807, 2.05) is 0 Å². The molecule has 0 radical (unpaired) electrons. The van der Waals surface area contributed by atoms with Crippen LogP contribution in [0.3, 0.4) is 0 Å². The first-order valence-electron chi connectivity index (χ1n) is 8.71. The quantitative estimate of drug-likeness (QED) is 0.782. The molecule has 0 bridgehead atoms. The number of carbonyl (C=O) groups is 3. The van der Waals surface area contributed by atoms with Crippen molar-refractivity contribution in [3.8, 4) is 0 Å². The standard InChI is InChI=1S/C16H23N5O3S/c1-10-19-20-16(25-10)18-13(22)6-7-14(23)21(12-4-5-12)15(24)11-3-2-8-17-9-11/h11-12,17H,2-9H2,1H3,(H,18,20,22). The van der Waals surface area contributed by atoms with Crippen molar-refractivity contribution in [1.82, 2.24) is 20.4 Å². The van der Waals surface area contributed by atoms with Crippen LogP contribution in [-0.2, 0) is 14.4 Å². The fourth-order valence-electron chi connectivity index (χ4n) is 2.97. The van der Waals surface area contributed by atoms with Gasteiger partial charge in [-0.05, 0) is 39.2 Å². The van der Waals surface area contributed by atoms with E-state index in [2.05, 4.69) is 20.8 Å². The van der Waals surface area contributed by atoms with Gasteiger partial charge in [-0.1, -0.05) is 11.3 Å². The fraction of sp³-hybridized carbons (Fsp3) is 0.688. The Morgan fingerprint density at radius 3 is 2.64 bits per heavy atom. The minimum atomic E-state index is -0.285. The average molecular weight is 365 g/mol. The molecule has 2 fully saturated rings. The molecule has 1 aliphatic heterocycles. The largest absolute Gasteiger partial charge is 0.316 e. The predicted molar refractivity (Wildman–Crippen MR) is 93.0 cm³/mol. The number of hydrogen-bond donors (Lipinski definition) is 2. The number of nitrogens with zero attached hydrogens (tertiary/aromatic N) is 3. The minimum Gasteiger partial charge on any atom is -0.316 e. The SMILES string of the molecule is Cc1nnc(NC(=O)CCC(=O)N(C(=O)C2CCCNC2)C2CC2)s1. The number of nitrogens with one attached hydrogen (secondary N) is 2. The summed E-state index contributed by atoms with van der Waals surface area (Å²) in [6.07, 6.45) is 3.58. The fourth-order valence-corrected chi connectivity index (χ4v) is 3.58. The minimum absolute atomic E-state index is 0.0239. The van der Waals surface area contributed by atoms with Crippen molar-refractivity contribution in [1.29, 1.82) is 0 Å². The van der Waals surface area contributed by atoms with Crippen molar-refractivity contribution >= 4 is 34.2 Å². The average Bonchev–Trinajstić information content (AvgIpc) is 3.36. The molecule has 3 amide bonds. The molecule has 9 heteroatoms. The smallest absolute Gasteiger partial charge is 0.233 e. The van der Waals surface area contributed by atoms with Gasteiger partial charge < -0.3 is 10.6 Å². The summed E-state index contributed by atoms with van der Waals surface area (Å²) in [6.45, 7) is 3.36. The number of anilines is 1. The molecule has 3 rings (SSSR count). The van der Waals surface area contributed by atoms with Gasteiger partial charge in [-0.2, -0.15) is 0 Å². The Balaban J connectivity index is 1.52. The lowest BCUT2D eigenvalue weighted by atomic mass is 9.97. The first-order chi connectivity index (χ1) is 12.0. The molecule has 1 aromatic rings. The van der Waals surface area contributed by atoms with Gasteiger partial charge in [-0.15, -0.1) is 10.2 Å². The van der Waals surface area contributed by atoms with Crippen LogP contribution in [0.1, 0.15) is 43.5 Å². The molecule has 1 aromatic heterocycles. The highest BCUT2D eigenvalue weighted by molar-refractivity contribution is 7.15. The Bertz CT molecular complexity index is 652. The van der Waals surface area contributed by atoms with E-state index in [9.17, 15) is 14.4 Å². The van der Waals surface area contributed by atoms with E-state index >= 15 is 0 Å². The number of rotatable bonds is 6. The molecule has 1 atom stereocenters. The number of piperidine rings is 1. The van der Waals surface area contributed by atoms with Gasteiger partial charge in [0, 0.05) is 25.4 Å². The molecule has 1 aliphatic carbocycles. The maximum atomic E-state index is 12.7. The third-order valence-corrected chi connectivity index (χ3v) is 5.16. The van der Waals surface area contributed by atoms with Crippen molar-refractivity contribution < 1.29 is 14.4 Å². The molecule has 1 unspecified atom stereocenters. The maximum absolute atomic E-state index is 12.7. The lowest BCUT2D eigenvalue weighted by Gasteiger charge is -2.28. The van der Waals surface area contributed by atoms with Crippen molar-refractivity contribution in [2.75, 3.05) is 18.4 Å². The Kier molecular flexibility index (Phi) is 5.74. The molecule has 136 valence electrons. The van der Waals surface area contributed by atoms with Crippen molar-refractivity contribution in [2.45, 2.75) is 51.5 Å². The van der Waals surface area contributed by atoms with Gasteiger partial charge >= 0.3 is 0 Å². The Hall–Kier alpha value is -1.87. The molecule has 1 saturated carbocycles. The van der Waals surface area contributed by atoms with E-state index in [4.69, 9.17) is 0 Å². The number of imide groups is 1. The molecular weight excluding hydrogens is 342 g/mol. The summed E-state index contributed by atoms with van der Waals surface area (Å²) in [7, 11) is 0. The van der Waals surface area contributed by atoms with Crippen molar-refractivity contribution in [3.05, 3.63) is 5.01 Å². The zero-order valence-electron chi connectivity index (χ0n) is 14.3. The summed E-state index contributed by atoms with van der Waals surface area (Å²) >= 11 is 1.28.